The molecule has 3 N–H and O–H groups in total. The Morgan fingerprint density at radius 2 is 1.62 bits per heavy atom. The molecule has 0 radical (unpaired) electrons. The predicted molar refractivity (Wildman–Crippen MR) is 56.0 cm³/mol. The van der Waals surface area contributed by atoms with E-state index in [0.29, 0.717) is 0 Å². The third-order valence-corrected chi connectivity index (χ3v) is 0.175. The number of hydrogen-bond acceptors (Lipinski definition) is 3. The highest BCUT2D eigenvalue weighted by molar-refractivity contribution is 7.99. The van der Waals surface area contributed by atoms with Gasteiger partial charge in [0.05, 0.1) is 0 Å². The fourth-order valence-electron chi connectivity index (χ4n) is 0. The van der Waals surface area contributed by atoms with Crippen molar-refractivity contribution in [1.29, 1.82) is 0 Å². The van der Waals surface area contributed by atoms with E-state index in [1.165, 1.54) is 0 Å². The lowest BCUT2D eigenvalue weighted by Gasteiger charge is -1.80. The van der Waals surface area contributed by atoms with Crippen molar-refractivity contribution in [2.24, 2.45) is 0 Å². The third kappa shape index (κ3) is 273. The fraction of sp³-hybridized carbons (Fsp3) is 0.500. The van der Waals surface area contributed by atoms with Crippen LogP contribution in [0.25, 0.3) is 0 Å². The second-order valence-corrected chi connectivity index (χ2v) is 4.72. The van der Waals surface area contributed by atoms with Crippen molar-refractivity contribution in [1.82, 2.24) is 0 Å². The lowest BCUT2D eigenvalue weighted by atomic mass is 10.5. The summed E-state index contributed by atoms with van der Waals surface area (Å²) in [5.41, 5.74) is 0. The van der Waals surface area contributed by atoms with Gasteiger partial charge in [-0.1, -0.05) is 6.58 Å². The van der Waals surface area contributed by atoms with Gasteiger partial charge in [-0.25, -0.2) is 4.79 Å². The zero-order valence-corrected chi connectivity index (χ0v) is 9.72. The van der Waals surface area contributed by atoms with Crippen molar-refractivity contribution >= 4 is 35.3 Å². The van der Waals surface area contributed by atoms with Gasteiger partial charge in [-0.3, -0.25) is 0 Å². The molecule has 0 rings (SSSR count). The maximum atomic E-state index is 9.25. The smallest absolute Gasteiger partial charge is 0.327 e. The van der Waals surface area contributed by atoms with Crippen molar-refractivity contribution in [2.45, 2.75) is 20.0 Å². The average molecular weight is 251 g/mol. The minimum absolute atomic E-state index is 0.167. The summed E-state index contributed by atoms with van der Waals surface area (Å²) in [5, 5.41) is 15.7. The second kappa shape index (κ2) is 14.7. The number of carboxylic acid groups (broad SMARTS) is 1. The Morgan fingerprint density at radius 1 is 1.54 bits per heavy atom. The topological polar surface area (TPSA) is 77.8 Å². The molecular formula is C6H13Cl2O4P. The largest absolute Gasteiger partial charge is 0.478 e. The van der Waals surface area contributed by atoms with Gasteiger partial charge in [0, 0.05) is 12.2 Å². The van der Waals surface area contributed by atoms with Crippen LogP contribution in [-0.2, 0) is 4.79 Å². The standard InChI is InChI=1S/C3H4O2.C3H8O.Cl2HOP/c1-2-3(4)5;1-3(2)4;1-4(2)3/h2H,1H2,(H,4,5);3-4H,1-2H3;3H. The van der Waals surface area contributed by atoms with Gasteiger partial charge in [0.2, 0.25) is 6.85 Å². The minimum atomic E-state index is -1.68. The first kappa shape index (κ1) is 18.8. The number of aliphatic hydroxyl groups is 1. The SMILES string of the molecule is C=CC(=O)O.CC(C)O.OP(Cl)Cl. The van der Waals surface area contributed by atoms with Crippen molar-refractivity contribution < 1.29 is 19.9 Å². The van der Waals surface area contributed by atoms with Crippen molar-refractivity contribution in [3.8, 4) is 0 Å². The van der Waals surface area contributed by atoms with Crippen LogP contribution in [0.1, 0.15) is 13.8 Å². The van der Waals surface area contributed by atoms with Gasteiger partial charge in [-0.15, -0.1) is 0 Å². The summed E-state index contributed by atoms with van der Waals surface area (Å²) in [5.74, 6) is -0.981. The van der Waals surface area contributed by atoms with Gasteiger partial charge in [0.1, 0.15) is 0 Å². The maximum Gasteiger partial charge on any atom is 0.327 e. The lowest BCUT2D eigenvalue weighted by molar-refractivity contribution is -0.131. The van der Waals surface area contributed by atoms with Crippen LogP contribution in [0.2, 0.25) is 0 Å². The molecule has 0 spiro atoms. The van der Waals surface area contributed by atoms with Crippen LogP contribution in [0, 0.1) is 0 Å². The maximum absolute atomic E-state index is 9.25. The quantitative estimate of drug-likeness (QED) is 0.493. The van der Waals surface area contributed by atoms with Gasteiger partial charge in [0.15, 0.2) is 0 Å². The Bertz CT molecular complexity index is 118. The Labute approximate surface area is 88.2 Å². The van der Waals surface area contributed by atoms with Crippen LogP contribution in [0.5, 0.6) is 0 Å². The normalized spacial score (nSPS) is 8.00. The Morgan fingerprint density at radius 3 is 1.62 bits per heavy atom. The van der Waals surface area contributed by atoms with E-state index in [1.54, 1.807) is 13.8 Å². The molecule has 0 aromatic heterocycles. The van der Waals surface area contributed by atoms with Gasteiger partial charge < -0.3 is 15.1 Å². The molecule has 0 fully saturated rings. The van der Waals surface area contributed by atoms with Gasteiger partial charge >= 0.3 is 5.97 Å². The lowest BCUT2D eigenvalue weighted by Crippen LogP contribution is -1.85. The summed E-state index contributed by atoms with van der Waals surface area (Å²) in [7, 11) is 0. The van der Waals surface area contributed by atoms with Crippen molar-refractivity contribution in [3.63, 3.8) is 0 Å². The first-order chi connectivity index (χ1) is 5.73. The molecule has 0 atom stereocenters. The van der Waals surface area contributed by atoms with E-state index in [-0.39, 0.29) is 6.10 Å². The van der Waals surface area contributed by atoms with E-state index >= 15 is 0 Å². The number of rotatable bonds is 1. The molecule has 80 valence electrons. The molecule has 0 bridgehead atoms. The third-order valence-electron chi connectivity index (χ3n) is 0.175. The summed E-state index contributed by atoms with van der Waals surface area (Å²) in [6.45, 7) is 4.73. The Balaban J connectivity index is -0.000000117. The Hall–Kier alpha value is 0.140. The Kier molecular flexibility index (Phi) is 21.2. The minimum Gasteiger partial charge on any atom is -0.478 e. The summed E-state index contributed by atoms with van der Waals surface area (Å²) in [6.07, 6.45) is 0.667. The molecule has 4 nitrogen and oxygen atoms in total. The highest BCUT2D eigenvalue weighted by atomic mass is 35.9. The van der Waals surface area contributed by atoms with E-state index < -0.39 is 12.8 Å². The zero-order chi connectivity index (χ0) is 11.4. The average Bonchev–Trinajstić information content (AvgIpc) is 1.84. The highest BCUT2D eigenvalue weighted by Crippen LogP contribution is 2.40. The van der Waals surface area contributed by atoms with E-state index in [0.717, 1.165) is 6.08 Å². The molecule has 0 saturated heterocycles. The van der Waals surface area contributed by atoms with Gasteiger partial charge in [-0.2, -0.15) is 0 Å². The molecular weight excluding hydrogens is 238 g/mol. The molecule has 13 heavy (non-hydrogen) atoms. The first-order valence-corrected chi connectivity index (χ1v) is 6.18. The molecule has 0 aliphatic heterocycles. The second-order valence-electron chi connectivity index (χ2n) is 1.85. The molecule has 0 aliphatic carbocycles. The molecule has 0 saturated carbocycles. The number of carbonyl (C=O) groups is 1. The molecule has 0 amide bonds. The van der Waals surface area contributed by atoms with E-state index in [2.05, 4.69) is 29.1 Å². The highest BCUT2D eigenvalue weighted by Gasteiger charge is 1.79. The van der Waals surface area contributed by atoms with Gasteiger partial charge in [-0.05, 0) is 36.3 Å². The molecule has 0 heterocycles. The molecule has 0 aliphatic rings. The van der Waals surface area contributed by atoms with Gasteiger partial charge in [0.25, 0.3) is 0 Å². The summed E-state index contributed by atoms with van der Waals surface area (Å²) < 4.78 is 0. The number of halogens is 2. The molecule has 0 unspecified atom stereocenters. The predicted octanol–water partition coefficient (Wildman–Crippen LogP) is 2.33. The summed E-state index contributed by atoms with van der Waals surface area (Å²) >= 11 is 9.32. The van der Waals surface area contributed by atoms with Crippen LogP contribution in [0.3, 0.4) is 0 Å². The van der Waals surface area contributed by atoms with Crippen molar-refractivity contribution in [3.05, 3.63) is 12.7 Å². The number of aliphatic hydroxyl groups excluding tert-OH is 1. The van der Waals surface area contributed by atoms with Crippen LogP contribution in [0.15, 0.2) is 12.7 Å². The van der Waals surface area contributed by atoms with Crippen molar-refractivity contribution in [2.75, 3.05) is 0 Å². The van der Waals surface area contributed by atoms with E-state index in [4.69, 9.17) is 15.1 Å². The van der Waals surface area contributed by atoms with E-state index in [1.807, 2.05) is 0 Å². The van der Waals surface area contributed by atoms with E-state index in [9.17, 15) is 4.79 Å². The molecule has 0 aromatic rings. The number of aliphatic carboxylic acids is 1. The first-order valence-electron chi connectivity index (χ1n) is 3.08. The summed E-state index contributed by atoms with van der Waals surface area (Å²) in [4.78, 5) is 16.9. The van der Waals surface area contributed by atoms with Crippen LogP contribution < -0.4 is 0 Å². The molecule has 0 aromatic carbocycles. The number of carboxylic acids is 1. The monoisotopic (exact) mass is 250 g/mol. The molecule has 7 heteroatoms. The fourth-order valence-corrected chi connectivity index (χ4v) is 0. The van der Waals surface area contributed by atoms with Crippen LogP contribution >= 0.6 is 29.3 Å². The van der Waals surface area contributed by atoms with Crippen LogP contribution in [-0.4, -0.2) is 27.2 Å². The van der Waals surface area contributed by atoms with Crippen LogP contribution in [0.4, 0.5) is 0 Å². The zero-order valence-electron chi connectivity index (χ0n) is 7.31. The number of hydrogen-bond donors (Lipinski definition) is 3. The summed E-state index contributed by atoms with van der Waals surface area (Å²) in [6, 6.07) is 0.